The molecule has 0 bridgehead atoms. The molecule has 0 atom stereocenters. The molecule has 1 aromatic rings. The Morgan fingerprint density at radius 2 is 1.76 bits per heavy atom. The van der Waals surface area contributed by atoms with Crippen LogP contribution >= 0.6 is 0 Å². The Kier molecular flexibility index (Phi) is 7.31. The summed E-state index contributed by atoms with van der Waals surface area (Å²) in [6, 6.07) is 6.97. The minimum Gasteiger partial charge on any atom is -0.392 e. The van der Waals surface area contributed by atoms with Gasteiger partial charge in [0.2, 0.25) is 10.0 Å². The van der Waals surface area contributed by atoms with Gasteiger partial charge in [0.05, 0.1) is 19.0 Å². The molecule has 0 saturated heterocycles. The van der Waals surface area contributed by atoms with Crippen molar-refractivity contribution >= 4 is 10.0 Å². The van der Waals surface area contributed by atoms with Gasteiger partial charge in [-0.25, -0.2) is 8.42 Å². The summed E-state index contributed by atoms with van der Waals surface area (Å²) in [6.45, 7) is 5.18. The number of ether oxygens (including phenoxy) is 1. The first-order valence-corrected chi connectivity index (χ1v) is 8.65. The monoisotopic (exact) mass is 315 g/mol. The molecule has 0 saturated carbocycles. The Morgan fingerprint density at radius 1 is 1.19 bits per heavy atom. The molecule has 1 aromatic carbocycles. The van der Waals surface area contributed by atoms with Gasteiger partial charge >= 0.3 is 0 Å². The lowest BCUT2D eigenvalue weighted by Crippen LogP contribution is -2.37. The average Bonchev–Trinajstić information content (AvgIpc) is 2.43. The summed E-state index contributed by atoms with van der Waals surface area (Å²) in [7, 11) is -1.81. The molecule has 0 aromatic heterocycles. The summed E-state index contributed by atoms with van der Waals surface area (Å²) in [5, 5.41) is 9.01. The van der Waals surface area contributed by atoms with Crippen molar-refractivity contribution in [2.75, 3.05) is 26.8 Å². The van der Waals surface area contributed by atoms with Crippen molar-refractivity contribution in [3.63, 3.8) is 0 Å². The van der Waals surface area contributed by atoms with Crippen LogP contribution in [0.15, 0.2) is 24.3 Å². The SMILES string of the molecule is COCCN(CC(C)C)S(=O)(=O)Cc1ccc(CO)cc1. The van der Waals surface area contributed by atoms with Crippen LogP contribution < -0.4 is 0 Å². The molecular weight excluding hydrogens is 290 g/mol. The Hall–Kier alpha value is -0.950. The molecular formula is C15H25NO4S. The number of aliphatic hydroxyl groups excluding tert-OH is 1. The molecule has 6 heteroatoms. The van der Waals surface area contributed by atoms with Crippen LogP contribution in [0.2, 0.25) is 0 Å². The third-order valence-electron chi connectivity index (χ3n) is 3.06. The Labute approximate surface area is 127 Å². The predicted molar refractivity (Wildman–Crippen MR) is 83.3 cm³/mol. The smallest absolute Gasteiger partial charge is 0.218 e. The topological polar surface area (TPSA) is 66.8 Å². The van der Waals surface area contributed by atoms with E-state index in [9.17, 15) is 8.42 Å². The van der Waals surface area contributed by atoms with Crippen LogP contribution in [0.5, 0.6) is 0 Å². The molecule has 120 valence electrons. The molecule has 0 aliphatic heterocycles. The first kappa shape index (κ1) is 18.1. The molecule has 5 nitrogen and oxygen atoms in total. The lowest BCUT2D eigenvalue weighted by molar-refractivity contribution is 0.175. The molecule has 0 aliphatic carbocycles. The van der Waals surface area contributed by atoms with E-state index >= 15 is 0 Å². The summed E-state index contributed by atoms with van der Waals surface area (Å²) >= 11 is 0. The summed E-state index contributed by atoms with van der Waals surface area (Å²) < 4.78 is 31.5. The highest BCUT2D eigenvalue weighted by Crippen LogP contribution is 2.14. The second-order valence-electron chi connectivity index (χ2n) is 5.48. The Balaban J connectivity index is 2.83. The summed E-state index contributed by atoms with van der Waals surface area (Å²) in [5.74, 6) is 0.225. The highest BCUT2D eigenvalue weighted by Gasteiger charge is 2.23. The minimum absolute atomic E-state index is 0.0326. The highest BCUT2D eigenvalue weighted by molar-refractivity contribution is 7.88. The van der Waals surface area contributed by atoms with E-state index in [0.29, 0.717) is 19.7 Å². The second-order valence-corrected chi connectivity index (χ2v) is 7.44. The lowest BCUT2D eigenvalue weighted by Gasteiger charge is -2.23. The van der Waals surface area contributed by atoms with Gasteiger partial charge < -0.3 is 9.84 Å². The number of rotatable bonds is 9. The van der Waals surface area contributed by atoms with Crippen molar-refractivity contribution < 1.29 is 18.3 Å². The zero-order valence-corrected chi connectivity index (χ0v) is 13.8. The molecule has 0 aliphatic rings. The van der Waals surface area contributed by atoms with E-state index in [1.807, 2.05) is 13.8 Å². The van der Waals surface area contributed by atoms with Gasteiger partial charge in [0.1, 0.15) is 0 Å². The molecule has 0 fully saturated rings. The third-order valence-corrected chi connectivity index (χ3v) is 4.88. The van der Waals surface area contributed by atoms with E-state index in [1.54, 1.807) is 31.4 Å². The molecule has 0 heterocycles. The van der Waals surface area contributed by atoms with E-state index in [0.717, 1.165) is 11.1 Å². The largest absolute Gasteiger partial charge is 0.392 e. The molecule has 21 heavy (non-hydrogen) atoms. The van der Waals surface area contributed by atoms with Gasteiger partial charge in [-0.1, -0.05) is 38.1 Å². The summed E-state index contributed by atoms with van der Waals surface area (Å²) in [4.78, 5) is 0. The Morgan fingerprint density at radius 3 is 2.24 bits per heavy atom. The quantitative estimate of drug-likeness (QED) is 0.752. The number of benzene rings is 1. The van der Waals surface area contributed by atoms with Crippen LogP contribution in [0.1, 0.15) is 25.0 Å². The fourth-order valence-electron chi connectivity index (χ4n) is 1.99. The summed E-state index contributed by atoms with van der Waals surface area (Å²) in [5.41, 5.74) is 1.49. The first-order chi connectivity index (χ1) is 9.89. The number of nitrogens with zero attached hydrogens (tertiary/aromatic N) is 1. The number of hydrogen-bond acceptors (Lipinski definition) is 4. The van der Waals surface area contributed by atoms with Crippen molar-refractivity contribution in [2.24, 2.45) is 5.92 Å². The van der Waals surface area contributed by atoms with Crippen molar-refractivity contribution in [1.29, 1.82) is 0 Å². The maximum atomic E-state index is 12.5. The van der Waals surface area contributed by atoms with Crippen LogP contribution in [-0.2, 0) is 27.1 Å². The number of aliphatic hydroxyl groups is 1. The van der Waals surface area contributed by atoms with Crippen molar-refractivity contribution in [3.05, 3.63) is 35.4 Å². The predicted octanol–water partition coefficient (Wildman–Crippen LogP) is 1.61. The second kappa shape index (κ2) is 8.48. The zero-order valence-electron chi connectivity index (χ0n) is 12.9. The van der Waals surface area contributed by atoms with E-state index in [4.69, 9.17) is 9.84 Å². The van der Waals surface area contributed by atoms with E-state index in [2.05, 4.69) is 0 Å². The van der Waals surface area contributed by atoms with E-state index in [1.165, 1.54) is 4.31 Å². The molecule has 0 radical (unpaired) electrons. The average molecular weight is 315 g/mol. The molecule has 0 spiro atoms. The number of sulfonamides is 1. The maximum absolute atomic E-state index is 12.5. The van der Waals surface area contributed by atoms with Gasteiger partial charge in [-0.2, -0.15) is 4.31 Å². The molecule has 0 unspecified atom stereocenters. The number of hydrogen-bond donors (Lipinski definition) is 1. The fraction of sp³-hybridized carbons (Fsp3) is 0.600. The normalized spacial score (nSPS) is 12.3. The highest BCUT2D eigenvalue weighted by atomic mass is 32.2. The van der Waals surface area contributed by atoms with Crippen LogP contribution in [0.25, 0.3) is 0 Å². The maximum Gasteiger partial charge on any atom is 0.218 e. The van der Waals surface area contributed by atoms with Gasteiger partial charge in [0, 0.05) is 20.2 Å². The standard InChI is InChI=1S/C15H25NO4S/c1-13(2)10-16(8-9-20-3)21(18,19)12-15-6-4-14(11-17)5-7-15/h4-7,13,17H,8-12H2,1-3H3. The first-order valence-electron chi connectivity index (χ1n) is 7.04. The number of methoxy groups -OCH3 is 1. The molecule has 1 N–H and O–H groups in total. The van der Waals surface area contributed by atoms with Crippen LogP contribution in [0.4, 0.5) is 0 Å². The van der Waals surface area contributed by atoms with Crippen LogP contribution in [0, 0.1) is 5.92 Å². The summed E-state index contributed by atoms with van der Waals surface area (Å²) in [6.07, 6.45) is 0. The minimum atomic E-state index is -3.37. The van der Waals surface area contributed by atoms with Gasteiger partial charge in [0.25, 0.3) is 0 Å². The fourth-order valence-corrected chi connectivity index (χ4v) is 3.66. The zero-order chi connectivity index (χ0) is 15.9. The van der Waals surface area contributed by atoms with Crippen LogP contribution in [0.3, 0.4) is 0 Å². The third kappa shape index (κ3) is 6.13. The van der Waals surface area contributed by atoms with Crippen LogP contribution in [-0.4, -0.2) is 44.6 Å². The van der Waals surface area contributed by atoms with Gasteiger partial charge in [-0.15, -0.1) is 0 Å². The van der Waals surface area contributed by atoms with Gasteiger partial charge in [-0.3, -0.25) is 0 Å². The molecule has 1 rings (SSSR count). The van der Waals surface area contributed by atoms with Gasteiger partial charge in [-0.05, 0) is 17.0 Å². The van der Waals surface area contributed by atoms with Crippen molar-refractivity contribution in [1.82, 2.24) is 4.31 Å². The van der Waals surface area contributed by atoms with Gasteiger partial charge in [0.15, 0.2) is 0 Å². The van der Waals surface area contributed by atoms with Crippen molar-refractivity contribution in [3.8, 4) is 0 Å². The molecule has 0 amide bonds. The van der Waals surface area contributed by atoms with Crippen molar-refractivity contribution in [2.45, 2.75) is 26.2 Å². The Bertz CT molecular complexity index is 511. The lowest BCUT2D eigenvalue weighted by atomic mass is 10.2. The van der Waals surface area contributed by atoms with E-state index < -0.39 is 10.0 Å². The van der Waals surface area contributed by atoms with E-state index in [-0.39, 0.29) is 18.3 Å².